The van der Waals surface area contributed by atoms with E-state index < -0.39 is 0 Å². The molecular formula is C22H32N4S. The van der Waals surface area contributed by atoms with Crippen molar-refractivity contribution in [2.75, 3.05) is 13.1 Å². The number of aryl methyl sites for hydroxylation is 3. The van der Waals surface area contributed by atoms with E-state index in [1.165, 1.54) is 17.5 Å². The van der Waals surface area contributed by atoms with Crippen LogP contribution < -0.4 is 0 Å². The first-order valence-electron chi connectivity index (χ1n) is 9.15. The molecule has 1 aliphatic heterocycles. The lowest BCUT2D eigenvalue weighted by molar-refractivity contribution is 0.305. The second-order valence-corrected chi connectivity index (χ2v) is 7.43. The van der Waals surface area contributed by atoms with E-state index in [2.05, 4.69) is 71.7 Å². The fourth-order valence-corrected chi connectivity index (χ4v) is 4.13. The molecule has 1 aliphatic rings. The zero-order chi connectivity index (χ0) is 17.4. The Bertz CT molecular complexity index is 882. The summed E-state index contributed by atoms with van der Waals surface area (Å²) in [6.45, 7) is 7.43. The monoisotopic (exact) mass is 384 g/mol. The standard InChI is InChI=1S/C21H26N4.CH4.H2S/c1-15-10-18(11-16(2)22-15)12-17-8-9-25(13-17)14-21-23-19-6-4-5-7-20(19)24(21)3;;/h4-7,10-11,17H,8-9,12-14H2,1-3H3;1H4;1H2. The number of para-hydroxylation sites is 2. The molecule has 3 aromatic rings. The number of likely N-dealkylation sites (tertiary alicyclic amines) is 1. The Morgan fingerprint density at radius 1 is 1.07 bits per heavy atom. The van der Waals surface area contributed by atoms with Crippen LogP contribution in [0.2, 0.25) is 0 Å². The molecule has 2 aromatic heterocycles. The minimum Gasteiger partial charge on any atom is -0.330 e. The van der Waals surface area contributed by atoms with Crippen molar-refractivity contribution in [2.45, 2.75) is 40.7 Å². The van der Waals surface area contributed by atoms with Gasteiger partial charge < -0.3 is 4.57 Å². The Hall–Kier alpha value is -1.85. The first kappa shape index (κ1) is 21.5. The van der Waals surface area contributed by atoms with Gasteiger partial charge in [-0.05, 0) is 69.0 Å². The molecule has 0 aliphatic carbocycles. The average molecular weight is 385 g/mol. The van der Waals surface area contributed by atoms with Crippen LogP contribution in [-0.4, -0.2) is 32.5 Å². The zero-order valence-electron chi connectivity index (χ0n) is 15.9. The van der Waals surface area contributed by atoms with Crippen LogP contribution in [0.3, 0.4) is 0 Å². The lowest BCUT2D eigenvalue weighted by atomic mass is 9.98. The molecule has 1 fully saturated rings. The topological polar surface area (TPSA) is 34.0 Å². The van der Waals surface area contributed by atoms with E-state index in [4.69, 9.17) is 4.98 Å². The van der Waals surface area contributed by atoms with Crippen molar-refractivity contribution in [3.05, 3.63) is 59.2 Å². The highest BCUT2D eigenvalue weighted by molar-refractivity contribution is 7.59. The van der Waals surface area contributed by atoms with Crippen LogP contribution in [-0.2, 0) is 20.0 Å². The third kappa shape index (κ3) is 4.71. The second kappa shape index (κ2) is 8.89. The quantitative estimate of drug-likeness (QED) is 0.669. The summed E-state index contributed by atoms with van der Waals surface area (Å²) >= 11 is 0. The van der Waals surface area contributed by atoms with Gasteiger partial charge in [-0.2, -0.15) is 13.5 Å². The number of hydrogen-bond acceptors (Lipinski definition) is 3. The molecule has 0 spiro atoms. The Morgan fingerprint density at radius 3 is 2.48 bits per heavy atom. The van der Waals surface area contributed by atoms with Crippen LogP contribution in [0, 0.1) is 19.8 Å². The summed E-state index contributed by atoms with van der Waals surface area (Å²) in [5.41, 5.74) is 6.00. The Labute approximate surface area is 170 Å². The molecule has 1 unspecified atom stereocenters. The summed E-state index contributed by atoms with van der Waals surface area (Å²) in [6, 6.07) is 12.9. The van der Waals surface area contributed by atoms with Crippen LogP contribution in [0.1, 0.15) is 36.6 Å². The SMILES string of the molecule is C.Cc1cc(CC2CCN(Cc3nc4ccccc4n3C)C2)cc(C)n1.S. The lowest BCUT2D eigenvalue weighted by Crippen LogP contribution is -2.22. The van der Waals surface area contributed by atoms with Gasteiger partial charge in [-0.1, -0.05) is 19.6 Å². The third-order valence-corrected chi connectivity index (χ3v) is 5.28. The maximum Gasteiger partial charge on any atom is 0.123 e. The number of rotatable bonds is 4. The molecule has 4 nitrogen and oxygen atoms in total. The molecule has 0 N–H and O–H groups in total. The maximum atomic E-state index is 4.82. The van der Waals surface area contributed by atoms with Crippen LogP contribution in [0.25, 0.3) is 11.0 Å². The van der Waals surface area contributed by atoms with Gasteiger partial charge in [0.1, 0.15) is 5.82 Å². The van der Waals surface area contributed by atoms with Crippen molar-refractivity contribution < 1.29 is 0 Å². The van der Waals surface area contributed by atoms with E-state index in [1.807, 2.05) is 0 Å². The first-order valence-corrected chi connectivity index (χ1v) is 9.15. The van der Waals surface area contributed by atoms with Crippen LogP contribution in [0.4, 0.5) is 0 Å². The molecule has 0 radical (unpaired) electrons. The van der Waals surface area contributed by atoms with Gasteiger partial charge in [0.15, 0.2) is 0 Å². The molecule has 0 amide bonds. The summed E-state index contributed by atoms with van der Waals surface area (Å²) in [5, 5.41) is 0. The maximum absolute atomic E-state index is 4.82. The third-order valence-electron chi connectivity index (χ3n) is 5.28. The van der Waals surface area contributed by atoms with Crippen LogP contribution >= 0.6 is 13.5 Å². The largest absolute Gasteiger partial charge is 0.330 e. The molecule has 1 saturated heterocycles. The van der Waals surface area contributed by atoms with Crippen molar-refractivity contribution in [1.82, 2.24) is 19.4 Å². The summed E-state index contributed by atoms with van der Waals surface area (Å²) in [5.74, 6) is 1.90. The number of fused-ring (bicyclic) bond motifs is 1. The average Bonchev–Trinajstić information content (AvgIpc) is 3.12. The number of hydrogen-bond donors (Lipinski definition) is 0. The number of imidazole rings is 1. The molecule has 0 saturated carbocycles. The minimum atomic E-state index is 0. The van der Waals surface area contributed by atoms with E-state index >= 15 is 0 Å². The van der Waals surface area contributed by atoms with Gasteiger partial charge in [0.2, 0.25) is 0 Å². The molecule has 3 heterocycles. The van der Waals surface area contributed by atoms with Gasteiger partial charge in [0, 0.05) is 25.0 Å². The van der Waals surface area contributed by atoms with Gasteiger partial charge >= 0.3 is 0 Å². The predicted octanol–water partition coefficient (Wildman–Crippen LogP) is 4.40. The van der Waals surface area contributed by atoms with Gasteiger partial charge in [-0.3, -0.25) is 9.88 Å². The Kier molecular flexibility index (Phi) is 7.06. The van der Waals surface area contributed by atoms with Crippen LogP contribution in [0.5, 0.6) is 0 Å². The lowest BCUT2D eigenvalue weighted by Gasteiger charge is -2.16. The van der Waals surface area contributed by atoms with Gasteiger partial charge in [0.05, 0.1) is 17.6 Å². The van der Waals surface area contributed by atoms with Crippen molar-refractivity contribution in [2.24, 2.45) is 13.0 Å². The molecule has 4 rings (SSSR count). The van der Waals surface area contributed by atoms with E-state index in [0.717, 1.165) is 54.7 Å². The molecule has 5 heteroatoms. The first-order chi connectivity index (χ1) is 12.1. The molecule has 146 valence electrons. The van der Waals surface area contributed by atoms with Crippen molar-refractivity contribution in [3.8, 4) is 0 Å². The molecule has 1 aromatic carbocycles. The van der Waals surface area contributed by atoms with Gasteiger partial charge in [-0.15, -0.1) is 0 Å². The Balaban J connectivity index is 0.00000131. The number of pyridine rings is 1. The number of nitrogens with zero attached hydrogens (tertiary/aromatic N) is 4. The second-order valence-electron chi connectivity index (χ2n) is 7.43. The van der Waals surface area contributed by atoms with Crippen molar-refractivity contribution >= 4 is 24.5 Å². The Morgan fingerprint density at radius 2 is 1.78 bits per heavy atom. The highest BCUT2D eigenvalue weighted by atomic mass is 32.1. The van der Waals surface area contributed by atoms with Crippen LogP contribution in [0.15, 0.2) is 36.4 Å². The summed E-state index contributed by atoms with van der Waals surface area (Å²) < 4.78 is 2.23. The van der Waals surface area contributed by atoms with E-state index in [0.29, 0.717) is 0 Å². The van der Waals surface area contributed by atoms with E-state index in [9.17, 15) is 0 Å². The molecule has 27 heavy (non-hydrogen) atoms. The predicted molar refractivity (Wildman–Crippen MR) is 119 cm³/mol. The normalized spacial score (nSPS) is 16.9. The van der Waals surface area contributed by atoms with Gasteiger partial charge in [-0.25, -0.2) is 4.98 Å². The smallest absolute Gasteiger partial charge is 0.123 e. The minimum absolute atomic E-state index is 0. The molecule has 0 bridgehead atoms. The number of aromatic nitrogens is 3. The highest BCUT2D eigenvalue weighted by Crippen LogP contribution is 2.24. The van der Waals surface area contributed by atoms with Crippen molar-refractivity contribution in [1.29, 1.82) is 0 Å². The van der Waals surface area contributed by atoms with E-state index in [1.54, 1.807) is 0 Å². The summed E-state index contributed by atoms with van der Waals surface area (Å²) in [4.78, 5) is 11.9. The highest BCUT2D eigenvalue weighted by Gasteiger charge is 2.24. The summed E-state index contributed by atoms with van der Waals surface area (Å²) in [6.07, 6.45) is 2.42. The zero-order valence-corrected chi connectivity index (χ0v) is 16.9. The molecule has 1 atom stereocenters. The number of benzene rings is 1. The fraction of sp³-hybridized carbons (Fsp3) is 0.455. The van der Waals surface area contributed by atoms with Crippen molar-refractivity contribution in [3.63, 3.8) is 0 Å². The summed E-state index contributed by atoms with van der Waals surface area (Å²) in [7, 11) is 2.13. The fourth-order valence-electron chi connectivity index (χ4n) is 4.13. The van der Waals surface area contributed by atoms with E-state index in [-0.39, 0.29) is 20.9 Å². The molecular weight excluding hydrogens is 352 g/mol. The van der Waals surface area contributed by atoms with Gasteiger partial charge in [0.25, 0.3) is 0 Å².